The third kappa shape index (κ3) is 2.93. The summed E-state index contributed by atoms with van der Waals surface area (Å²) in [5.41, 5.74) is 7.15. The average molecular weight is 266 g/mol. The molecule has 0 amide bonds. The molecule has 0 bridgehead atoms. The second-order valence-corrected chi connectivity index (χ2v) is 4.30. The van der Waals surface area contributed by atoms with E-state index in [4.69, 9.17) is 5.73 Å². The molecule has 2 aromatic rings. The molecular weight excluding hydrogens is 253 g/mol. The Bertz CT molecular complexity index is 565. The molecule has 0 aliphatic heterocycles. The highest BCUT2D eigenvalue weighted by Gasteiger charge is 2.31. The number of nitrogens with zero attached hydrogens (tertiary/aromatic N) is 1. The molecule has 1 unspecified atom stereocenters. The summed E-state index contributed by atoms with van der Waals surface area (Å²) in [5.74, 6) is 0. The van der Waals surface area contributed by atoms with Gasteiger partial charge in [0.25, 0.3) is 0 Å². The van der Waals surface area contributed by atoms with Gasteiger partial charge >= 0.3 is 6.18 Å². The number of benzene rings is 1. The highest BCUT2D eigenvalue weighted by molar-refractivity contribution is 5.37. The van der Waals surface area contributed by atoms with Gasteiger partial charge in [-0.2, -0.15) is 13.2 Å². The van der Waals surface area contributed by atoms with Gasteiger partial charge in [-0.15, -0.1) is 0 Å². The molecule has 0 aliphatic carbocycles. The van der Waals surface area contributed by atoms with Gasteiger partial charge in [-0.3, -0.25) is 4.98 Å². The van der Waals surface area contributed by atoms with Crippen LogP contribution in [0.3, 0.4) is 0 Å². The van der Waals surface area contributed by atoms with Crippen molar-refractivity contribution in [1.29, 1.82) is 0 Å². The smallest absolute Gasteiger partial charge is 0.319 e. The predicted octanol–water partition coefficient (Wildman–Crippen LogP) is 3.46. The summed E-state index contributed by atoms with van der Waals surface area (Å²) in [6, 6.07) is 8.35. The van der Waals surface area contributed by atoms with Crippen molar-refractivity contribution in [2.75, 3.05) is 0 Å². The Morgan fingerprint density at radius 1 is 1.16 bits per heavy atom. The second kappa shape index (κ2) is 5.01. The summed E-state index contributed by atoms with van der Waals surface area (Å²) in [7, 11) is 0. The fraction of sp³-hybridized carbons (Fsp3) is 0.214. The minimum absolute atomic E-state index is 0.507. The van der Waals surface area contributed by atoms with Gasteiger partial charge in [-0.25, -0.2) is 0 Å². The van der Waals surface area contributed by atoms with E-state index in [9.17, 15) is 13.2 Å². The molecule has 0 saturated carbocycles. The van der Waals surface area contributed by atoms with Crippen molar-refractivity contribution in [1.82, 2.24) is 4.98 Å². The average Bonchev–Trinajstić information content (AvgIpc) is 2.38. The van der Waals surface area contributed by atoms with E-state index in [-0.39, 0.29) is 0 Å². The molecule has 0 aliphatic rings. The Balaban J connectivity index is 2.37. The van der Waals surface area contributed by atoms with E-state index in [1.54, 1.807) is 31.3 Å². The summed E-state index contributed by atoms with van der Waals surface area (Å²) in [6.45, 7) is 1.62. The first-order valence-corrected chi connectivity index (χ1v) is 5.74. The summed E-state index contributed by atoms with van der Waals surface area (Å²) in [4.78, 5) is 4.12. The van der Waals surface area contributed by atoms with Crippen LogP contribution in [0.15, 0.2) is 42.6 Å². The van der Waals surface area contributed by atoms with Crippen LogP contribution in [-0.2, 0) is 6.18 Å². The fourth-order valence-corrected chi connectivity index (χ4v) is 1.92. The standard InChI is InChI=1S/C14H13F3N2/c1-9-8-10(14(15,16)17)5-6-11(9)13(18)12-4-2-3-7-19-12/h2-8,13H,18H2,1H3. The molecule has 1 aromatic heterocycles. The number of aromatic nitrogens is 1. The van der Waals surface area contributed by atoms with Gasteiger partial charge in [0, 0.05) is 6.20 Å². The maximum Gasteiger partial charge on any atom is 0.416 e. The Morgan fingerprint density at radius 2 is 1.89 bits per heavy atom. The SMILES string of the molecule is Cc1cc(C(F)(F)F)ccc1C(N)c1ccccn1. The lowest BCUT2D eigenvalue weighted by atomic mass is 9.97. The van der Waals surface area contributed by atoms with Crippen molar-refractivity contribution in [2.24, 2.45) is 5.73 Å². The molecule has 2 nitrogen and oxygen atoms in total. The molecule has 0 saturated heterocycles. The van der Waals surface area contributed by atoms with Gasteiger partial charge in [0.05, 0.1) is 17.3 Å². The molecule has 2 rings (SSSR count). The number of hydrogen-bond acceptors (Lipinski definition) is 2. The number of alkyl halides is 3. The normalized spacial score (nSPS) is 13.3. The summed E-state index contributed by atoms with van der Waals surface area (Å²) < 4.78 is 37.7. The molecular formula is C14H13F3N2. The Kier molecular flexibility index (Phi) is 3.57. The molecule has 0 fully saturated rings. The zero-order chi connectivity index (χ0) is 14.0. The van der Waals surface area contributed by atoms with Gasteiger partial charge in [0.2, 0.25) is 0 Å². The lowest BCUT2D eigenvalue weighted by Crippen LogP contribution is -2.15. The summed E-state index contributed by atoms with van der Waals surface area (Å²) in [5, 5.41) is 0. The highest BCUT2D eigenvalue weighted by atomic mass is 19.4. The fourth-order valence-electron chi connectivity index (χ4n) is 1.92. The maximum absolute atomic E-state index is 12.6. The van der Waals surface area contributed by atoms with Crippen LogP contribution in [0.25, 0.3) is 0 Å². The lowest BCUT2D eigenvalue weighted by Gasteiger charge is -2.16. The first-order chi connectivity index (χ1) is 8.89. The number of rotatable bonds is 2. The third-order valence-corrected chi connectivity index (χ3v) is 2.94. The molecule has 2 N–H and O–H groups in total. The largest absolute Gasteiger partial charge is 0.416 e. The first kappa shape index (κ1) is 13.5. The molecule has 19 heavy (non-hydrogen) atoms. The Labute approximate surface area is 109 Å². The van der Waals surface area contributed by atoms with E-state index in [1.807, 2.05) is 0 Å². The van der Waals surface area contributed by atoms with Crippen molar-refractivity contribution < 1.29 is 13.2 Å². The van der Waals surface area contributed by atoms with E-state index in [2.05, 4.69) is 4.98 Å². The molecule has 100 valence electrons. The topological polar surface area (TPSA) is 38.9 Å². The van der Waals surface area contributed by atoms with E-state index in [0.717, 1.165) is 12.1 Å². The van der Waals surface area contributed by atoms with E-state index in [1.165, 1.54) is 6.07 Å². The first-order valence-electron chi connectivity index (χ1n) is 5.74. The molecule has 0 spiro atoms. The quantitative estimate of drug-likeness (QED) is 0.904. The Morgan fingerprint density at radius 3 is 2.42 bits per heavy atom. The van der Waals surface area contributed by atoms with E-state index < -0.39 is 17.8 Å². The number of halogens is 3. The Hall–Kier alpha value is -1.88. The number of nitrogens with two attached hydrogens (primary N) is 1. The van der Waals surface area contributed by atoms with Crippen molar-refractivity contribution in [3.63, 3.8) is 0 Å². The van der Waals surface area contributed by atoms with Crippen molar-refractivity contribution in [3.8, 4) is 0 Å². The molecule has 1 atom stereocenters. The number of pyridine rings is 1. The minimum Gasteiger partial charge on any atom is -0.319 e. The highest BCUT2D eigenvalue weighted by Crippen LogP contribution is 2.32. The van der Waals surface area contributed by atoms with Crippen LogP contribution in [0.2, 0.25) is 0 Å². The van der Waals surface area contributed by atoms with Gasteiger partial charge in [-0.05, 0) is 42.3 Å². The predicted molar refractivity (Wildman–Crippen MR) is 66.4 cm³/mol. The van der Waals surface area contributed by atoms with Gasteiger partial charge in [-0.1, -0.05) is 12.1 Å². The van der Waals surface area contributed by atoms with E-state index in [0.29, 0.717) is 16.8 Å². The minimum atomic E-state index is -4.33. The monoisotopic (exact) mass is 266 g/mol. The van der Waals surface area contributed by atoms with Crippen LogP contribution in [0.1, 0.15) is 28.4 Å². The third-order valence-electron chi connectivity index (χ3n) is 2.94. The lowest BCUT2D eigenvalue weighted by molar-refractivity contribution is -0.137. The number of aryl methyl sites for hydroxylation is 1. The molecule has 5 heteroatoms. The van der Waals surface area contributed by atoms with Crippen LogP contribution in [0.5, 0.6) is 0 Å². The van der Waals surface area contributed by atoms with Crippen LogP contribution in [-0.4, -0.2) is 4.98 Å². The van der Waals surface area contributed by atoms with Crippen LogP contribution in [0, 0.1) is 6.92 Å². The van der Waals surface area contributed by atoms with Gasteiger partial charge in [0.1, 0.15) is 0 Å². The molecule has 1 heterocycles. The summed E-state index contributed by atoms with van der Waals surface area (Å²) >= 11 is 0. The molecule has 0 radical (unpaired) electrons. The molecule has 1 aromatic carbocycles. The van der Waals surface area contributed by atoms with Crippen LogP contribution >= 0.6 is 0 Å². The zero-order valence-corrected chi connectivity index (χ0v) is 10.3. The van der Waals surface area contributed by atoms with E-state index >= 15 is 0 Å². The van der Waals surface area contributed by atoms with Gasteiger partial charge < -0.3 is 5.73 Å². The maximum atomic E-state index is 12.6. The summed E-state index contributed by atoms with van der Waals surface area (Å²) in [6.07, 6.45) is -2.73. The second-order valence-electron chi connectivity index (χ2n) is 4.30. The van der Waals surface area contributed by atoms with Crippen LogP contribution < -0.4 is 5.73 Å². The van der Waals surface area contributed by atoms with Crippen molar-refractivity contribution in [2.45, 2.75) is 19.1 Å². The zero-order valence-electron chi connectivity index (χ0n) is 10.3. The van der Waals surface area contributed by atoms with Crippen molar-refractivity contribution in [3.05, 3.63) is 65.0 Å². The van der Waals surface area contributed by atoms with Crippen LogP contribution in [0.4, 0.5) is 13.2 Å². The number of hydrogen-bond donors (Lipinski definition) is 1. The van der Waals surface area contributed by atoms with Crippen molar-refractivity contribution >= 4 is 0 Å². The van der Waals surface area contributed by atoms with Gasteiger partial charge in [0.15, 0.2) is 0 Å².